The van der Waals surface area contributed by atoms with Gasteiger partial charge in [0.15, 0.2) is 0 Å². The molecule has 3 fully saturated rings. The molecule has 4 aliphatic rings. The molecular weight excluding hydrogens is 710 g/mol. The fourth-order valence-electron chi connectivity index (χ4n) is 7.40. The minimum absolute atomic E-state index is 0.103. The summed E-state index contributed by atoms with van der Waals surface area (Å²) in [7, 11) is -0.738. The van der Waals surface area contributed by atoms with Gasteiger partial charge in [0.05, 0.1) is 11.9 Å². The van der Waals surface area contributed by atoms with E-state index in [-0.39, 0.29) is 30.9 Å². The van der Waals surface area contributed by atoms with E-state index in [0.29, 0.717) is 34.8 Å². The van der Waals surface area contributed by atoms with Crippen molar-refractivity contribution >= 4 is 33.4 Å². The highest BCUT2D eigenvalue weighted by atomic mass is 32.2. The van der Waals surface area contributed by atoms with Crippen LogP contribution in [0.25, 0.3) is 0 Å². The van der Waals surface area contributed by atoms with Crippen molar-refractivity contribution in [3.8, 4) is 0 Å². The van der Waals surface area contributed by atoms with Crippen LogP contribution in [0.5, 0.6) is 0 Å². The van der Waals surface area contributed by atoms with Gasteiger partial charge in [-0.15, -0.1) is 0 Å². The maximum Gasteiger partial charge on any atom is 0.421 e. The normalized spacial score (nSPS) is 23.2. The fraction of sp³-hybridized carbons (Fsp3) is 0.595. The van der Waals surface area contributed by atoms with Crippen LogP contribution in [0.2, 0.25) is 0 Å². The van der Waals surface area contributed by atoms with Crippen molar-refractivity contribution in [3.05, 3.63) is 64.5 Å². The number of carbonyl (C=O) groups is 1. The van der Waals surface area contributed by atoms with Crippen LogP contribution < -0.4 is 20.3 Å². The molecule has 2 saturated carbocycles. The maximum atomic E-state index is 14.0. The number of anilines is 3. The highest BCUT2D eigenvalue weighted by Crippen LogP contribution is 2.35. The highest BCUT2D eigenvalue weighted by Gasteiger charge is 2.36. The lowest BCUT2D eigenvalue weighted by atomic mass is 9.89. The van der Waals surface area contributed by atoms with Gasteiger partial charge in [0.2, 0.25) is 21.9 Å². The molecular formula is C37H51F3N8O4S. The Kier molecular flexibility index (Phi) is 12.0. The lowest BCUT2D eigenvalue weighted by Crippen LogP contribution is -2.52. The minimum Gasteiger partial charge on any atom is -0.375 e. The van der Waals surface area contributed by atoms with Gasteiger partial charge in [0.25, 0.3) is 0 Å². The number of amides is 1. The number of methoxy groups -OCH3 is 1. The number of sulfonamides is 1. The number of carbonyl (C=O) groups excluding carboxylic acids is 1. The molecule has 1 aromatic carbocycles. The van der Waals surface area contributed by atoms with Crippen LogP contribution in [0, 0.1) is 12.8 Å². The predicted molar refractivity (Wildman–Crippen MR) is 199 cm³/mol. The topological polar surface area (TPSA) is 132 Å². The van der Waals surface area contributed by atoms with E-state index in [1.807, 2.05) is 0 Å². The molecule has 16 heteroatoms. The first-order valence-corrected chi connectivity index (χ1v) is 20.2. The van der Waals surface area contributed by atoms with E-state index in [1.165, 1.54) is 33.5 Å². The third-order valence-corrected chi connectivity index (χ3v) is 12.0. The molecule has 6 rings (SSSR count). The largest absolute Gasteiger partial charge is 0.421 e. The van der Waals surface area contributed by atoms with Gasteiger partial charge in [-0.1, -0.05) is 18.2 Å². The van der Waals surface area contributed by atoms with Crippen molar-refractivity contribution in [3.63, 3.8) is 0 Å². The van der Waals surface area contributed by atoms with Gasteiger partial charge in [-0.2, -0.15) is 18.2 Å². The molecule has 0 bridgehead atoms. The molecule has 0 radical (unpaired) electrons. The van der Waals surface area contributed by atoms with Crippen LogP contribution in [0.4, 0.5) is 30.6 Å². The Balaban J connectivity index is 1.07. The zero-order valence-electron chi connectivity index (χ0n) is 30.9. The fourth-order valence-corrected chi connectivity index (χ4v) is 7.93. The summed E-state index contributed by atoms with van der Waals surface area (Å²) < 4.78 is 73.4. The van der Waals surface area contributed by atoms with E-state index < -0.39 is 33.7 Å². The van der Waals surface area contributed by atoms with Crippen LogP contribution >= 0.6 is 0 Å². The van der Waals surface area contributed by atoms with E-state index in [9.17, 15) is 26.4 Å². The van der Waals surface area contributed by atoms with Crippen LogP contribution in [0.3, 0.4) is 0 Å². The zero-order chi connectivity index (χ0) is 37.9. The number of hydrogen-bond acceptors (Lipinski definition) is 10. The van der Waals surface area contributed by atoms with Crippen molar-refractivity contribution in [2.45, 2.75) is 82.8 Å². The summed E-state index contributed by atoms with van der Waals surface area (Å²) in [6.45, 7) is 7.45. The molecule has 290 valence electrons. The molecule has 3 N–H and O–H groups in total. The number of hydrogen-bond donors (Lipinski definition) is 3. The van der Waals surface area contributed by atoms with Crippen LogP contribution in [-0.4, -0.2) is 105 Å². The SMILES string of the molecule is COC1CC(C(=O)NC2CCC(N3CCN(CC4CC4)CC3)CC2)=CC=C1Nc1ncc(C(F)(F)F)c(NCc2ccc(C)cc2N(C)S(C)(=O)=O)n1. The van der Waals surface area contributed by atoms with Gasteiger partial charge in [-0.05, 0) is 74.6 Å². The molecule has 1 aliphatic heterocycles. The third-order valence-electron chi connectivity index (χ3n) is 10.8. The third kappa shape index (κ3) is 10.1. The molecule has 3 aliphatic carbocycles. The van der Waals surface area contributed by atoms with Gasteiger partial charge in [-0.25, -0.2) is 13.4 Å². The summed E-state index contributed by atoms with van der Waals surface area (Å²) in [6.07, 6.45) is 6.80. The lowest BCUT2D eigenvalue weighted by Gasteiger charge is -2.42. The van der Waals surface area contributed by atoms with Crippen LogP contribution in [0.1, 0.15) is 61.6 Å². The van der Waals surface area contributed by atoms with E-state index >= 15 is 0 Å². The van der Waals surface area contributed by atoms with Crippen molar-refractivity contribution < 1.29 is 31.1 Å². The van der Waals surface area contributed by atoms with Crippen LogP contribution in [-0.2, 0) is 32.3 Å². The Morgan fingerprint density at radius 1 is 1.06 bits per heavy atom. The summed E-state index contributed by atoms with van der Waals surface area (Å²) >= 11 is 0. The molecule has 0 spiro atoms. The van der Waals surface area contributed by atoms with Gasteiger partial charge in [0, 0.05) is 89.4 Å². The van der Waals surface area contributed by atoms with Crippen molar-refractivity contribution in [1.82, 2.24) is 25.1 Å². The lowest BCUT2D eigenvalue weighted by molar-refractivity contribution is -0.137. The molecule has 1 aromatic heterocycles. The number of nitrogens with one attached hydrogen (secondary N) is 3. The molecule has 1 saturated heterocycles. The number of piperazine rings is 1. The molecule has 12 nitrogen and oxygen atoms in total. The van der Waals surface area contributed by atoms with E-state index in [4.69, 9.17) is 4.74 Å². The molecule has 53 heavy (non-hydrogen) atoms. The van der Waals surface area contributed by atoms with Crippen molar-refractivity contribution in [2.75, 3.05) is 68.1 Å². The maximum absolute atomic E-state index is 14.0. The second-order valence-corrected chi connectivity index (χ2v) is 16.8. The summed E-state index contributed by atoms with van der Waals surface area (Å²) in [5.41, 5.74) is 1.55. The van der Waals surface area contributed by atoms with Crippen molar-refractivity contribution in [1.29, 1.82) is 0 Å². The standard InChI is InChI=1S/C37H51F3N8O4S/c1-24-5-8-27(32(19-24)46(2)53(4,50)51)21-41-34-30(37(38,39)40)22-42-36(45-34)44-31-14-9-26(20-33(31)52-3)35(49)43-28-10-12-29(13-11-28)48-17-15-47(16-18-48)23-25-6-7-25/h5,8-9,14,19,22,25,28-29,33H,6-7,10-13,15-18,20-21,23H2,1-4H3,(H,43,49)(H2,41,42,44,45). The van der Waals surface area contributed by atoms with Crippen molar-refractivity contribution in [2.24, 2.45) is 5.92 Å². The average molecular weight is 761 g/mol. The molecule has 2 aromatic rings. The van der Waals surface area contributed by atoms with Gasteiger partial charge in [-0.3, -0.25) is 14.0 Å². The van der Waals surface area contributed by atoms with Gasteiger partial charge in [0.1, 0.15) is 17.5 Å². The number of rotatable bonds is 13. The monoisotopic (exact) mass is 760 g/mol. The first kappa shape index (κ1) is 39.0. The highest BCUT2D eigenvalue weighted by molar-refractivity contribution is 7.92. The number of aromatic nitrogens is 2. The van der Waals surface area contributed by atoms with E-state index in [0.717, 1.165) is 73.9 Å². The zero-order valence-corrected chi connectivity index (χ0v) is 31.7. The average Bonchev–Trinajstić information content (AvgIpc) is 3.95. The summed E-state index contributed by atoms with van der Waals surface area (Å²) in [4.78, 5) is 26.7. The number of halogens is 3. The van der Waals surface area contributed by atoms with Crippen LogP contribution in [0.15, 0.2) is 47.8 Å². The quantitative estimate of drug-likeness (QED) is 0.259. The number of alkyl halides is 3. The minimum atomic E-state index is -4.76. The Morgan fingerprint density at radius 2 is 1.77 bits per heavy atom. The Bertz CT molecular complexity index is 1800. The van der Waals surface area contributed by atoms with E-state index in [1.54, 1.807) is 37.3 Å². The molecule has 1 atom stereocenters. The first-order valence-electron chi connectivity index (χ1n) is 18.4. The molecule has 1 unspecified atom stereocenters. The first-order chi connectivity index (χ1) is 25.2. The number of benzene rings is 1. The second kappa shape index (κ2) is 16.3. The number of allylic oxidation sites excluding steroid dienone is 2. The Hall–Kier alpha value is -3.73. The molecule has 2 heterocycles. The Morgan fingerprint density at radius 3 is 2.42 bits per heavy atom. The summed E-state index contributed by atoms with van der Waals surface area (Å²) in [5.74, 6) is 0.199. The number of nitrogens with zero attached hydrogens (tertiary/aromatic N) is 5. The Labute approximate surface area is 310 Å². The van der Waals surface area contributed by atoms with Gasteiger partial charge >= 0.3 is 6.18 Å². The summed E-state index contributed by atoms with van der Waals surface area (Å²) in [5, 5.41) is 8.95. The summed E-state index contributed by atoms with van der Waals surface area (Å²) in [6, 6.07) is 5.74. The molecule has 1 amide bonds. The number of aryl methyl sites for hydroxylation is 1. The number of ether oxygens (including phenoxy) is 1. The smallest absolute Gasteiger partial charge is 0.375 e. The van der Waals surface area contributed by atoms with Gasteiger partial charge < -0.3 is 25.6 Å². The second-order valence-electron chi connectivity index (χ2n) is 14.8. The van der Waals surface area contributed by atoms with E-state index in [2.05, 4.69) is 35.7 Å². The predicted octanol–water partition coefficient (Wildman–Crippen LogP) is 4.91.